The maximum absolute atomic E-state index is 11.7. The molecule has 1 aromatic rings. The summed E-state index contributed by atoms with van der Waals surface area (Å²) in [5, 5.41) is 0. The first-order valence-electron chi connectivity index (χ1n) is 5.81. The van der Waals surface area contributed by atoms with Crippen LogP contribution in [-0.2, 0) is 4.74 Å². The third-order valence-electron chi connectivity index (χ3n) is 2.94. The maximum Gasteiger partial charge on any atom is 0.410 e. The van der Waals surface area contributed by atoms with E-state index in [0.29, 0.717) is 6.61 Å². The molecule has 0 spiro atoms. The predicted molar refractivity (Wildman–Crippen MR) is 62.1 cm³/mol. The van der Waals surface area contributed by atoms with E-state index >= 15 is 0 Å². The lowest BCUT2D eigenvalue weighted by Crippen LogP contribution is -2.31. The quantitative estimate of drug-likeness (QED) is 0.765. The molecule has 1 saturated heterocycles. The Morgan fingerprint density at radius 2 is 2.19 bits per heavy atom. The molecule has 1 fully saturated rings. The number of carbonyl (C=O) groups excluding carboxylic acids is 1. The van der Waals surface area contributed by atoms with E-state index in [-0.39, 0.29) is 12.1 Å². The average molecular weight is 219 g/mol. The van der Waals surface area contributed by atoms with Crippen molar-refractivity contribution in [3.63, 3.8) is 0 Å². The van der Waals surface area contributed by atoms with Crippen molar-refractivity contribution in [2.45, 2.75) is 25.8 Å². The Morgan fingerprint density at radius 3 is 2.88 bits per heavy atom. The number of hydrogen-bond acceptors (Lipinski definition) is 2. The van der Waals surface area contributed by atoms with Gasteiger partial charge in [-0.05, 0) is 25.3 Å². The van der Waals surface area contributed by atoms with Crippen LogP contribution in [0.1, 0.15) is 31.4 Å². The molecular formula is C13H17NO2. The number of rotatable bonds is 2. The van der Waals surface area contributed by atoms with E-state index in [0.717, 1.165) is 19.4 Å². The summed E-state index contributed by atoms with van der Waals surface area (Å²) in [5.41, 5.74) is 1.20. The van der Waals surface area contributed by atoms with Gasteiger partial charge in [-0.15, -0.1) is 0 Å². The topological polar surface area (TPSA) is 29.5 Å². The zero-order valence-corrected chi connectivity index (χ0v) is 9.56. The number of hydrogen-bond donors (Lipinski definition) is 0. The molecule has 2 rings (SSSR count). The van der Waals surface area contributed by atoms with E-state index in [1.54, 1.807) is 0 Å². The zero-order valence-electron chi connectivity index (χ0n) is 9.56. The summed E-state index contributed by atoms with van der Waals surface area (Å²) in [6.07, 6.45) is 1.90. The van der Waals surface area contributed by atoms with Gasteiger partial charge in [-0.25, -0.2) is 4.79 Å². The van der Waals surface area contributed by atoms with Gasteiger partial charge in [-0.2, -0.15) is 0 Å². The second-order valence-corrected chi connectivity index (χ2v) is 3.96. The van der Waals surface area contributed by atoms with E-state index in [1.165, 1.54) is 5.56 Å². The van der Waals surface area contributed by atoms with E-state index in [1.807, 2.05) is 30.0 Å². The molecule has 1 unspecified atom stereocenters. The highest BCUT2D eigenvalue weighted by molar-refractivity contribution is 5.68. The second-order valence-electron chi connectivity index (χ2n) is 3.96. The van der Waals surface area contributed by atoms with Crippen molar-refractivity contribution in [2.24, 2.45) is 0 Å². The molecule has 0 bridgehead atoms. The van der Waals surface area contributed by atoms with Gasteiger partial charge < -0.3 is 9.64 Å². The number of carbonyl (C=O) groups is 1. The molecule has 1 amide bonds. The minimum Gasteiger partial charge on any atom is -0.450 e. The van der Waals surface area contributed by atoms with E-state index < -0.39 is 0 Å². The van der Waals surface area contributed by atoms with Crippen molar-refractivity contribution in [2.75, 3.05) is 13.2 Å². The molecule has 3 nitrogen and oxygen atoms in total. The van der Waals surface area contributed by atoms with Crippen LogP contribution in [0, 0.1) is 0 Å². The number of ether oxygens (including phenoxy) is 1. The fourth-order valence-corrected chi connectivity index (χ4v) is 2.21. The van der Waals surface area contributed by atoms with Gasteiger partial charge in [0.2, 0.25) is 0 Å². The van der Waals surface area contributed by atoms with Crippen molar-refractivity contribution in [3.8, 4) is 0 Å². The average Bonchev–Trinajstić information content (AvgIpc) is 2.79. The molecule has 1 aromatic carbocycles. The van der Waals surface area contributed by atoms with Crippen LogP contribution < -0.4 is 0 Å². The van der Waals surface area contributed by atoms with Crippen LogP contribution in [0.2, 0.25) is 0 Å². The molecule has 3 heteroatoms. The molecular weight excluding hydrogens is 202 g/mol. The fraction of sp³-hybridized carbons (Fsp3) is 0.462. The standard InChI is InChI=1S/C13H17NO2/c1-2-16-13(15)14-10-6-9-12(14)11-7-4-3-5-8-11/h3-5,7-8,12H,2,6,9-10H2,1H3. The van der Waals surface area contributed by atoms with Gasteiger partial charge in [0.25, 0.3) is 0 Å². The van der Waals surface area contributed by atoms with E-state index in [2.05, 4.69) is 12.1 Å². The Kier molecular flexibility index (Phi) is 3.44. The van der Waals surface area contributed by atoms with Gasteiger partial charge in [0.1, 0.15) is 0 Å². The molecule has 1 aliphatic rings. The minimum atomic E-state index is -0.186. The Balaban J connectivity index is 2.12. The van der Waals surface area contributed by atoms with Crippen LogP contribution in [0.4, 0.5) is 4.79 Å². The first-order chi connectivity index (χ1) is 7.83. The summed E-state index contributed by atoms with van der Waals surface area (Å²) >= 11 is 0. The number of amides is 1. The molecule has 1 atom stereocenters. The monoisotopic (exact) mass is 219 g/mol. The SMILES string of the molecule is CCOC(=O)N1CCCC1c1ccccc1. The first kappa shape index (κ1) is 11.0. The van der Waals surface area contributed by atoms with Crippen LogP contribution in [0.5, 0.6) is 0 Å². The lowest BCUT2D eigenvalue weighted by molar-refractivity contribution is 0.103. The van der Waals surface area contributed by atoms with E-state index in [9.17, 15) is 4.79 Å². The van der Waals surface area contributed by atoms with Gasteiger partial charge in [0.15, 0.2) is 0 Å². The fourth-order valence-electron chi connectivity index (χ4n) is 2.21. The molecule has 1 heterocycles. The number of likely N-dealkylation sites (tertiary alicyclic amines) is 1. The lowest BCUT2D eigenvalue weighted by atomic mass is 10.1. The van der Waals surface area contributed by atoms with Gasteiger partial charge in [-0.1, -0.05) is 30.3 Å². The molecule has 16 heavy (non-hydrogen) atoms. The second kappa shape index (κ2) is 5.01. The normalized spacial score (nSPS) is 19.8. The molecule has 0 saturated carbocycles. The molecule has 86 valence electrons. The van der Waals surface area contributed by atoms with Crippen molar-refractivity contribution in [1.82, 2.24) is 4.90 Å². The molecule has 0 radical (unpaired) electrons. The highest BCUT2D eigenvalue weighted by Gasteiger charge is 2.30. The van der Waals surface area contributed by atoms with Gasteiger partial charge in [0.05, 0.1) is 12.6 Å². The van der Waals surface area contributed by atoms with Crippen LogP contribution in [0.25, 0.3) is 0 Å². The van der Waals surface area contributed by atoms with Crippen molar-refractivity contribution >= 4 is 6.09 Å². The van der Waals surface area contributed by atoms with Gasteiger partial charge in [-0.3, -0.25) is 0 Å². The minimum absolute atomic E-state index is 0.186. The maximum atomic E-state index is 11.7. The van der Waals surface area contributed by atoms with Crippen LogP contribution in [-0.4, -0.2) is 24.1 Å². The lowest BCUT2D eigenvalue weighted by Gasteiger charge is -2.24. The smallest absolute Gasteiger partial charge is 0.410 e. The summed E-state index contributed by atoms with van der Waals surface area (Å²) < 4.78 is 5.06. The van der Waals surface area contributed by atoms with Crippen LogP contribution in [0.3, 0.4) is 0 Å². The summed E-state index contributed by atoms with van der Waals surface area (Å²) in [6.45, 7) is 3.08. The largest absolute Gasteiger partial charge is 0.450 e. The summed E-state index contributed by atoms with van der Waals surface area (Å²) in [4.78, 5) is 13.6. The molecule has 0 aliphatic carbocycles. The Hall–Kier alpha value is -1.51. The molecule has 0 aromatic heterocycles. The highest BCUT2D eigenvalue weighted by Crippen LogP contribution is 2.31. The Labute approximate surface area is 96.0 Å². The third-order valence-corrected chi connectivity index (χ3v) is 2.94. The highest BCUT2D eigenvalue weighted by atomic mass is 16.6. The summed E-state index contributed by atoms with van der Waals surface area (Å²) in [6, 6.07) is 10.4. The predicted octanol–water partition coefficient (Wildman–Crippen LogP) is 2.98. The summed E-state index contributed by atoms with van der Waals surface area (Å²) in [7, 11) is 0. The zero-order chi connectivity index (χ0) is 11.4. The molecule has 0 N–H and O–H groups in total. The number of nitrogens with zero attached hydrogens (tertiary/aromatic N) is 1. The Bertz CT molecular complexity index is 350. The van der Waals surface area contributed by atoms with Crippen LogP contribution in [0.15, 0.2) is 30.3 Å². The van der Waals surface area contributed by atoms with Gasteiger partial charge >= 0.3 is 6.09 Å². The number of benzene rings is 1. The third kappa shape index (κ3) is 2.18. The Morgan fingerprint density at radius 1 is 1.44 bits per heavy atom. The van der Waals surface area contributed by atoms with Crippen molar-refractivity contribution in [1.29, 1.82) is 0 Å². The van der Waals surface area contributed by atoms with Crippen LogP contribution >= 0.6 is 0 Å². The first-order valence-corrected chi connectivity index (χ1v) is 5.81. The van der Waals surface area contributed by atoms with E-state index in [4.69, 9.17) is 4.74 Å². The van der Waals surface area contributed by atoms with Gasteiger partial charge in [0, 0.05) is 6.54 Å². The molecule has 1 aliphatic heterocycles. The van der Waals surface area contributed by atoms with Crippen molar-refractivity contribution in [3.05, 3.63) is 35.9 Å². The summed E-state index contributed by atoms with van der Waals surface area (Å²) in [5.74, 6) is 0. The van der Waals surface area contributed by atoms with Crippen molar-refractivity contribution < 1.29 is 9.53 Å².